The Balaban J connectivity index is 2.28. The number of rotatable bonds is 9. The van der Waals surface area contributed by atoms with Gasteiger partial charge in [-0.25, -0.2) is 9.78 Å². The van der Waals surface area contributed by atoms with Crippen LogP contribution in [0.1, 0.15) is 6.92 Å². The van der Waals surface area contributed by atoms with Crippen LogP contribution in [0.5, 0.6) is 0 Å². The highest BCUT2D eigenvalue weighted by Crippen LogP contribution is 2.30. The van der Waals surface area contributed by atoms with Crippen LogP contribution in [0.4, 0.5) is 0 Å². The van der Waals surface area contributed by atoms with Crippen molar-refractivity contribution in [3.63, 3.8) is 0 Å². The molecule has 2 aliphatic rings. The number of carbonyl (C=O) groups excluding carboxylic acids is 2. The smallest absolute Gasteiger partial charge is 0.295 e. The third-order valence-corrected chi connectivity index (χ3v) is 4.58. The Morgan fingerprint density at radius 2 is 1.57 bits per heavy atom. The molecule has 0 aromatic rings. The van der Waals surface area contributed by atoms with Gasteiger partial charge >= 0.3 is 0 Å². The molecule has 174 valence electrons. The van der Waals surface area contributed by atoms with Crippen LogP contribution in [0.15, 0.2) is 0 Å². The van der Waals surface area contributed by atoms with E-state index < -0.39 is 67.6 Å². The average Bonchev–Trinajstić information content (AvgIpc) is 2.70. The molecule has 2 fully saturated rings. The summed E-state index contributed by atoms with van der Waals surface area (Å²) in [4.78, 5) is 31.8. The lowest BCUT2D eigenvalue weighted by molar-refractivity contribution is -0.446. The molecular formula is C16H27NO13. The normalized spacial score (nSPS) is 41.8. The standard InChI is InChI=1S/C16H27NO13/c1-6(19)17-7-11(10(22)14(26-5-18)28-13(7)24-3)27-15-9(21)8(20)12(23-2)16(29-15)30-25-4/h5,7-16,20-22H,1-4H3,(H,17,19)/t7-,8?,9-,10-,11?,12-,13?,14?,15?,16?/m0/s1. The SMILES string of the molecule is COOC1OC(OC2[C@H](O)C(OC=O)OC(OC)[C@H]2NC(C)=O)[C@@H](O)C(O)[C@@H]1OC. The van der Waals surface area contributed by atoms with E-state index in [2.05, 4.69) is 10.2 Å². The zero-order chi connectivity index (χ0) is 22.4. The fourth-order valence-electron chi connectivity index (χ4n) is 3.24. The molecule has 0 saturated carbocycles. The van der Waals surface area contributed by atoms with E-state index in [1.54, 1.807) is 0 Å². The minimum Gasteiger partial charge on any atom is -0.435 e. The molecular weight excluding hydrogens is 414 g/mol. The maximum atomic E-state index is 11.6. The minimum absolute atomic E-state index is 0.0533. The highest BCUT2D eigenvalue weighted by molar-refractivity contribution is 5.73. The fraction of sp³-hybridized carbons (Fsp3) is 0.875. The van der Waals surface area contributed by atoms with Crippen molar-refractivity contribution in [1.82, 2.24) is 5.32 Å². The van der Waals surface area contributed by atoms with Gasteiger partial charge in [0.1, 0.15) is 36.6 Å². The molecule has 2 heterocycles. The molecule has 30 heavy (non-hydrogen) atoms. The van der Waals surface area contributed by atoms with Gasteiger partial charge in [0.2, 0.25) is 18.5 Å². The summed E-state index contributed by atoms with van der Waals surface area (Å²) in [5.41, 5.74) is 0. The fourth-order valence-corrected chi connectivity index (χ4v) is 3.24. The number of carbonyl (C=O) groups is 2. The molecule has 2 rings (SSSR count). The van der Waals surface area contributed by atoms with E-state index in [0.717, 1.165) is 0 Å². The van der Waals surface area contributed by atoms with Crippen LogP contribution in [0.25, 0.3) is 0 Å². The highest BCUT2D eigenvalue weighted by Gasteiger charge is 2.53. The second-order valence-corrected chi connectivity index (χ2v) is 6.48. The largest absolute Gasteiger partial charge is 0.435 e. The van der Waals surface area contributed by atoms with Crippen molar-refractivity contribution in [3.05, 3.63) is 0 Å². The Labute approximate surface area is 171 Å². The van der Waals surface area contributed by atoms with E-state index in [4.69, 9.17) is 33.3 Å². The maximum absolute atomic E-state index is 11.6. The van der Waals surface area contributed by atoms with E-state index in [-0.39, 0.29) is 6.47 Å². The average molecular weight is 441 g/mol. The summed E-state index contributed by atoms with van der Waals surface area (Å²) in [7, 11) is 3.72. The number of ether oxygens (including phenoxy) is 6. The molecule has 14 heteroatoms. The van der Waals surface area contributed by atoms with Crippen molar-refractivity contribution in [2.75, 3.05) is 21.3 Å². The molecule has 6 unspecified atom stereocenters. The molecule has 2 aliphatic heterocycles. The predicted octanol–water partition coefficient (Wildman–Crippen LogP) is -3.26. The number of aliphatic hydroxyl groups excluding tert-OH is 3. The second-order valence-electron chi connectivity index (χ2n) is 6.48. The summed E-state index contributed by atoms with van der Waals surface area (Å²) < 4.78 is 31.4. The first-order valence-electron chi connectivity index (χ1n) is 8.90. The van der Waals surface area contributed by atoms with Gasteiger partial charge in [-0.1, -0.05) is 0 Å². The molecule has 1 amide bonds. The zero-order valence-corrected chi connectivity index (χ0v) is 16.8. The van der Waals surface area contributed by atoms with E-state index >= 15 is 0 Å². The van der Waals surface area contributed by atoms with Crippen molar-refractivity contribution in [2.24, 2.45) is 0 Å². The zero-order valence-electron chi connectivity index (χ0n) is 16.8. The van der Waals surface area contributed by atoms with Crippen LogP contribution in [0, 0.1) is 0 Å². The Bertz CT molecular complexity index is 565. The quantitative estimate of drug-likeness (QED) is 0.159. The van der Waals surface area contributed by atoms with E-state index in [0.29, 0.717) is 0 Å². The van der Waals surface area contributed by atoms with Gasteiger partial charge in [0.05, 0.1) is 7.11 Å². The Kier molecular flexibility index (Phi) is 9.30. The van der Waals surface area contributed by atoms with Crippen molar-refractivity contribution < 1.29 is 63.1 Å². The highest BCUT2D eigenvalue weighted by atomic mass is 17.2. The van der Waals surface area contributed by atoms with E-state index in [9.17, 15) is 24.9 Å². The first kappa shape index (κ1) is 24.8. The number of hydrogen-bond donors (Lipinski definition) is 4. The van der Waals surface area contributed by atoms with Gasteiger partial charge in [0.25, 0.3) is 6.47 Å². The van der Waals surface area contributed by atoms with Crippen molar-refractivity contribution >= 4 is 12.4 Å². The molecule has 4 N–H and O–H groups in total. The van der Waals surface area contributed by atoms with Gasteiger partial charge in [-0.05, 0) is 0 Å². The number of amides is 1. The van der Waals surface area contributed by atoms with E-state index in [1.165, 1.54) is 28.3 Å². The molecule has 10 atom stereocenters. The van der Waals surface area contributed by atoms with Crippen molar-refractivity contribution in [3.8, 4) is 0 Å². The van der Waals surface area contributed by atoms with Crippen LogP contribution in [0.3, 0.4) is 0 Å². The van der Waals surface area contributed by atoms with Crippen molar-refractivity contribution in [2.45, 2.75) is 68.6 Å². The van der Waals surface area contributed by atoms with Crippen LogP contribution in [-0.4, -0.2) is 111 Å². The van der Waals surface area contributed by atoms with Gasteiger partial charge < -0.3 is 49.1 Å². The molecule has 0 spiro atoms. The van der Waals surface area contributed by atoms with Crippen LogP contribution in [0.2, 0.25) is 0 Å². The van der Waals surface area contributed by atoms with Crippen LogP contribution >= 0.6 is 0 Å². The lowest BCUT2D eigenvalue weighted by Crippen LogP contribution is -2.67. The summed E-state index contributed by atoms with van der Waals surface area (Å²) in [6, 6.07) is -1.11. The third kappa shape index (κ3) is 5.42. The van der Waals surface area contributed by atoms with Crippen LogP contribution < -0.4 is 5.32 Å². The summed E-state index contributed by atoms with van der Waals surface area (Å²) >= 11 is 0. The maximum Gasteiger partial charge on any atom is 0.295 e. The molecule has 0 radical (unpaired) electrons. The second kappa shape index (κ2) is 11.2. The summed E-state index contributed by atoms with van der Waals surface area (Å²) in [6.45, 7) is 1.27. The summed E-state index contributed by atoms with van der Waals surface area (Å²) in [5, 5.41) is 33.8. The Morgan fingerprint density at radius 1 is 0.900 bits per heavy atom. The monoisotopic (exact) mass is 441 g/mol. The number of hydrogen-bond acceptors (Lipinski definition) is 13. The Hall–Kier alpha value is -1.46. The molecule has 2 saturated heterocycles. The lowest BCUT2D eigenvalue weighted by atomic mass is 9.99. The topological polar surface area (TPSA) is 181 Å². The molecule has 0 aliphatic carbocycles. The summed E-state index contributed by atoms with van der Waals surface area (Å²) in [5.74, 6) is -0.508. The van der Waals surface area contributed by atoms with Gasteiger partial charge in [0, 0.05) is 21.1 Å². The third-order valence-electron chi connectivity index (χ3n) is 4.58. The van der Waals surface area contributed by atoms with Crippen LogP contribution in [-0.2, 0) is 47.8 Å². The number of nitrogens with one attached hydrogen (secondary N) is 1. The predicted molar refractivity (Wildman–Crippen MR) is 90.9 cm³/mol. The van der Waals surface area contributed by atoms with Crippen molar-refractivity contribution in [1.29, 1.82) is 0 Å². The first-order chi connectivity index (χ1) is 14.3. The lowest BCUT2D eigenvalue weighted by Gasteiger charge is -2.46. The molecule has 0 aromatic heterocycles. The molecule has 0 aromatic carbocycles. The first-order valence-corrected chi connectivity index (χ1v) is 8.90. The number of aliphatic hydroxyl groups is 3. The number of methoxy groups -OCH3 is 2. The molecule has 0 bridgehead atoms. The van der Waals surface area contributed by atoms with Gasteiger partial charge in [0.15, 0.2) is 12.6 Å². The van der Waals surface area contributed by atoms with E-state index in [1.807, 2.05) is 0 Å². The Morgan fingerprint density at radius 3 is 2.10 bits per heavy atom. The molecule has 14 nitrogen and oxygen atoms in total. The summed E-state index contributed by atoms with van der Waals surface area (Å²) in [6.07, 6.45) is -12.9. The van der Waals surface area contributed by atoms with Gasteiger partial charge in [-0.15, -0.1) is 0 Å². The van der Waals surface area contributed by atoms with Gasteiger partial charge in [-0.2, -0.15) is 0 Å². The minimum atomic E-state index is -1.65. The van der Waals surface area contributed by atoms with Gasteiger partial charge in [-0.3, -0.25) is 9.59 Å².